The topological polar surface area (TPSA) is 86.8 Å². The fourth-order valence-electron chi connectivity index (χ4n) is 3.81. The van der Waals surface area contributed by atoms with Crippen LogP contribution in [0.1, 0.15) is 43.9 Å². The summed E-state index contributed by atoms with van der Waals surface area (Å²) in [7, 11) is -3.79. The van der Waals surface area contributed by atoms with E-state index in [1.807, 2.05) is 26.8 Å². The van der Waals surface area contributed by atoms with Crippen LogP contribution in [0.3, 0.4) is 0 Å². The molecule has 35 heavy (non-hydrogen) atoms. The molecule has 0 saturated heterocycles. The van der Waals surface area contributed by atoms with Crippen molar-refractivity contribution in [3.63, 3.8) is 0 Å². The molecule has 1 atom stereocenters. The summed E-state index contributed by atoms with van der Waals surface area (Å²) in [4.78, 5) is 28.1. The highest BCUT2D eigenvalue weighted by atomic mass is 35.5. The molecule has 0 aliphatic carbocycles. The molecular weight excluding hydrogens is 509 g/mol. The van der Waals surface area contributed by atoms with E-state index in [0.29, 0.717) is 27.7 Å². The van der Waals surface area contributed by atoms with Crippen molar-refractivity contribution in [1.29, 1.82) is 0 Å². The van der Waals surface area contributed by atoms with Gasteiger partial charge in [0.1, 0.15) is 12.6 Å². The first-order valence-corrected chi connectivity index (χ1v) is 13.9. The molecule has 2 aromatic carbocycles. The predicted octanol–water partition coefficient (Wildman–Crippen LogP) is 4.71. The standard InChI is InChI=1S/C25H33Cl2N3O4S/c1-7-22(25(32)28-16(2)3)29(14-19-9-10-20(26)21(27)13-19)24(31)15-30(35(6,33)34)23-11-8-17(4)12-18(23)5/h8-13,16,22H,7,14-15H2,1-6H3,(H,28,32)/t22-/m0/s1. The summed E-state index contributed by atoms with van der Waals surface area (Å²) in [6, 6.07) is 9.39. The molecule has 0 heterocycles. The Morgan fingerprint density at radius 2 is 1.69 bits per heavy atom. The van der Waals surface area contributed by atoms with Crippen LogP contribution in [-0.2, 0) is 26.2 Å². The van der Waals surface area contributed by atoms with Gasteiger partial charge in [-0.25, -0.2) is 8.42 Å². The molecule has 2 amide bonds. The Bertz CT molecular complexity index is 1190. The zero-order valence-corrected chi connectivity index (χ0v) is 23.3. The maximum absolute atomic E-state index is 13.7. The van der Waals surface area contributed by atoms with Crippen molar-refractivity contribution in [3.8, 4) is 0 Å². The van der Waals surface area contributed by atoms with Gasteiger partial charge in [0.25, 0.3) is 0 Å². The maximum atomic E-state index is 13.7. The van der Waals surface area contributed by atoms with Crippen molar-refractivity contribution in [2.24, 2.45) is 0 Å². The molecule has 0 bridgehead atoms. The molecule has 0 fully saturated rings. The van der Waals surface area contributed by atoms with Gasteiger partial charge in [0, 0.05) is 12.6 Å². The molecule has 10 heteroatoms. The van der Waals surface area contributed by atoms with Crippen LogP contribution < -0.4 is 9.62 Å². The third kappa shape index (κ3) is 7.85. The molecule has 192 valence electrons. The average molecular weight is 543 g/mol. The smallest absolute Gasteiger partial charge is 0.244 e. The molecule has 7 nitrogen and oxygen atoms in total. The van der Waals surface area contributed by atoms with E-state index in [1.54, 1.807) is 44.2 Å². The fourth-order valence-corrected chi connectivity index (χ4v) is 5.04. The van der Waals surface area contributed by atoms with E-state index in [9.17, 15) is 18.0 Å². The largest absolute Gasteiger partial charge is 0.352 e. The molecule has 2 rings (SSSR count). The molecule has 2 aromatic rings. The summed E-state index contributed by atoms with van der Waals surface area (Å²) < 4.78 is 26.5. The number of aryl methyl sites for hydroxylation is 2. The highest BCUT2D eigenvalue weighted by Crippen LogP contribution is 2.26. The lowest BCUT2D eigenvalue weighted by Crippen LogP contribution is -2.53. The van der Waals surface area contributed by atoms with Gasteiger partial charge >= 0.3 is 0 Å². The summed E-state index contributed by atoms with van der Waals surface area (Å²) in [5.41, 5.74) is 2.79. The van der Waals surface area contributed by atoms with Gasteiger partial charge < -0.3 is 10.2 Å². The van der Waals surface area contributed by atoms with Crippen molar-refractivity contribution >= 4 is 50.7 Å². The second kappa shape index (κ2) is 12.1. The predicted molar refractivity (Wildman–Crippen MR) is 142 cm³/mol. The molecule has 0 radical (unpaired) electrons. The number of halogens is 2. The van der Waals surface area contributed by atoms with Gasteiger partial charge in [-0.05, 0) is 63.4 Å². The molecule has 0 unspecified atom stereocenters. The molecular formula is C25H33Cl2N3O4S. The highest BCUT2D eigenvalue weighted by molar-refractivity contribution is 7.92. The maximum Gasteiger partial charge on any atom is 0.244 e. The number of amides is 2. The van der Waals surface area contributed by atoms with Gasteiger partial charge in [0.15, 0.2) is 0 Å². The Balaban J connectivity index is 2.50. The SMILES string of the molecule is CC[C@@H](C(=O)NC(C)C)N(Cc1ccc(Cl)c(Cl)c1)C(=O)CN(c1ccc(C)cc1C)S(C)(=O)=O. The number of hydrogen-bond acceptors (Lipinski definition) is 4. The van der Waals surface area contributed by atoms with E-state index in [2.05, 4.69) is 5.32 Å². The van der Waals surface area contributed by atoms with Crippen molar-refractivity contribution in [1.82, 2.24) is 10.2 Å². The third-order valence-corrected chi connectivity index (χ3v) is 7.32. The number of anilines is 1. The molecule has 0 aliphatic rings. The van der Waals surface area contributed by atoms with Crippen LogP contribution in [0, 0.1) is 13.8 Å². The number of hydrogen-bond donors (Lipinski definition) is 1. The minimum absolute atomic E-state index is 0.0597. The zero-order chi connectivity index (χ0) is 26.5. The van der Waals surface area contributed by atoms with Gasteiger partial charge in [-0.1, -0.05) is 53.9 Å². The summed E-state index contributed by atoms with van der Waals surface area (Å²) in [6.07, 6.45) is 1.40. The van der Waals surface area contributed by atoms with Crippen LogP contribution in [0.4, 0.5) is 5.69 Å². The Hall–Kier alpha value is -2.29. The summed E-state index contributed by atoms with van der Waals surface area (Å²) in [5, 5.41) is 3.55. The van der Waals surface area contributed by atoms with Crippen LogP contribution in [0.15, 0.2) is 36.4 Å². The van der Waals surface area contributed by atoms with Gasteiger partial charge in [-0.15, -0.1) is 0 Å². The number of benzene rings is 2. The van der Waals surface area contributed by atoms with Crippen molar-refractivity contribution in [3.05, 3.63) is 63.1 Å². The average Bonchev–Trinajstić information content (AvgIpc) is 2.73. The minimum atomic E-state index is -3.79. The Kier molecular flexibility index (Phi) is 10.0. The van der Waals surface area contributed by atoms with E-state index < -0.39 is 28.5 Å². The lowest BCUT2D eigenvalue weighted by atomic mass is 10.1. The number of rotatable bonds is 10. The Labute approximate surface area is 218 Å². The van der Waals surface area contributed by atoms with E-state index >= 15 is 0 Å². The summed E-state index contributed by atoms with van der Waals surface area (Å²) in [6.45, 7) is 8.79. The monoisotopic (exact) mass is 541 g/mol. The fraction of sp³-hybridized carbons (Fsp3) is 0.440. The number of nitrogens with one attached hydrogen (secondary N) is 1. The Morgan fingerprint density at radius 1 is 1.03 bits per heavy atom. The second-order valence-corrected chi connectivity index (χ2v) is 11.6. The van der Waals surface area contributed by atoms with E-state index in [4.69, 9.17) is 23.2 Å². The minimum Gasteiger partial charge on any atom is -0.352 e. The lowest BCUT2D eigenvalue weighted by molar-refractivity contribution is -0.140. The van der Waals surface area contributed by atoms with Gasteiger partial charge in [0.05, 0.1) is 22.0 Å². The quantitative estimate of drug-likeness (QED) is 0.471. The Morgan fingerprint density at radius 3 is 2.20 bits per heavy atom. The first-order valence-electron chi connectivity index (χ1n) is 11.3. The van der Waals surface area contributed by atoms with Crippen LogP contribution in [0.5, 0.6) is 0 Å². The van der Waals surface area contributed by atoms with Gasteiger partial charge in [0.2, 0.25) is 21.8 Å². The normalized spacial score (nSPS) is 12.4. The number of carbonyl (C=O) groups excluding carboxylic acids is 2. The van der Waals surface area contributed by atoms with Crippen molar-refractivity contribution < 1.29 is 18.0 Å². The molecule has 0 spiro atoms. The van der Waals surface area contributed by atoms with Gasteiger partial charge in [-0.3, -0.25) is 13.9 Å². The van der Waals surface area contributed by atoms with E-state index in [0.717, 1.165) is 21.7 Å². The second-order valence-electron chi connectivity index (χ2n) is 8.92. The molecule has 0 aromatic heterocycles. The molecule has 0 saturated carbocycles. The van der Waals surface area contributed by atoms with E-state index in [-0.39, 0.29) is 18.5 Å². The van der Waals surface area contributed by atoms with Crippen LogP contribution >= 0.6 is 23.2 Å². The highest BCUT2D eigenvalue weighted by Gasteiger charge is 2.32. The summed E-state index contributed by atoms with van der Waals surface area (Å²) in [5.74, 6) is -0.819. The summed E-state index contributed by atoms with van der Waals surface area (Å²) >= 11 is 12.2. The third-order valence-electron chi connectivity index (χ3n) is 5.45. The van der Waals surface area contributed by atoms with Gasteiger partial charge in [-0.2, -0.15) is 0 Å². The van der Waals surface area contributed by atoms with Crippen LogP contribution in [0.2, 0.25) is 10.0 Å². The first-order chi connectivity index (χ1) is 16.2. The molecule has 1 N–H and O–H groups in total. The zero-order valence-electron chi connectivity index (χ0n) is 20.9. The van der Waals surface area contributed by atoms with Crippen molar-refractivity contribution in [2.75, 3.05) is 17.1 Å². The first kappa shape index (κ1) is 28.9. The van der Waals surface area contributed by atoms with Crippen molar-refractivity contribution in [2.45, 2.75) is 59.7 Å². The van der Waals surface area contributed by atoms with Crippen LogP contribution in [0.25, 0.3) is 0 Å². The van der Waals surface area contributed by atoms with E-state index in [1.165, 1.54) is 4.90 Å². The number of nitrogens with zero attached hydrogens (tertiary/aromatic N) is 2. The number of carbonyl (C=O) groups is 2. The number of sulfonamides is 1. The van der Waals surface area contributed by atoms with Crippen LogP contribution in [-0.4, -0.2) is 50.0 Å². The molecule has 0 aliphatic heterocycles. The lowest BCUT2D eigenvalue weighted by Gasteiger charge is -2.33.